The molecule has 0 aliphatic carbocycles. The first-order valence-corrected chi connectivity index (χ1v) is 8.79. The van der Waals surface area contributed by atoms with E-state index in [9.17, 15) is 23.1 Å². The second kappa shape index (κ2) is 8.39. The largest absolute Gasteiger partial charge is 0.390 e. The molecule has 1 saturated heterocycles. The van der Waals surface area contributed by atoms with Gasteiger partial charge in [-0.15, -0.1) is 0 Å². The summed E-state index contributed by atoms with van der Waals surface area (Å²) in [5, 5.41) is 10.4. The van der Waals surface area contributed by atoms with Crippen LogP contribution in [-0.2, 0) is 11.3 Å². The minimum absolute atomic E-state index is 0.114. The molecular weight excluding hydrogens is 349 g/mol. The molecule has 1 aromatic heterocycles. The fraction of sp³-hybridized carbons (Fsp3) is 0.765. The molecule has 1 fully saturated rings. The third-order valence-electron chi connectivity index (χ3n) is 4.92. The Bertz CT molecular complexity index is 608. The molecule has 2 rings (SSSR count). The number of aliphatic hydroxyl groups excluding tert-OH is 1. The molecule has 1 amide bonds. The van der Waals surface area contributed by atoms with Gasteiger partial charge in [0.05, 0.1) is 12.8 Å². The van der Waals surface area contributed by atoms with Gasteiger partial charge >= 0.3 is 6.18 Å². The van der Waals surface area contributed by atoms with Gasteiger partial charge in [0.2, 0.25) is 5.91 Å². The molecule has 1 aromatic rings. The predicted molar refractivity (Wildman–Crippen MR) is 90.5 cm³/mol. The Morgan fingerprint density at radius 1 is 1.38 bits per heavy atom. The van der Waals surface area contributed by atoms with Crippen LogP contribution in [0.5, 0.6) is 0 Å². The molecule has 1 aliphatic heterocycles. The van der Waals surface area contributed by atoms with Crippen molar-refractivity contribution >= 4 is 5.91 Å². The number of carbonyl (C=O) groups excluding carboxylic acids is 1. The molecule has 9 heteroatoms. The number of aliphatic hydroxyl groups is 1. The Morgan fingerprint density at radius 3 is 2.54 bits per heavy atom. The Morgan fingerprint density at radius 2 is 2.00 bits per heavy atom. The third-order valence-corrected chi connectivity index (χ3v) is 4.92. The molecule has 0 radical (unpaired) electrons. The van der Waals surface area contributed by atoms with Crippen LogP contribution in [0.2, 0.25) is 0 Å². The van der Waals surface area contributed by atoms with E-state index in [4.69, 9.17) is 0 Å². The molecular formula is C17H27F3N4O2. The minimum Gasteiger partial charge on any atom is -0.385 e. The molecule has 0 saturated carbocycles. The highest BCUT2D eigenvalue weighted by molar-refractivity contribution is 5.76. The predicted octanol–water partition coefficient (Wildman–Crippen LogP) is 2.12. The Balaban J connectivity index is 1.95. The summed E-state index contributed by atoms with van der Waals surface area (Å²) in [6, 6.07) is 0.438. The molecule has 1 aliphatic rings. The van der Waals surface area contributed by atoms with Gasteiger partial charge in [-0.3, -0.25) is 4.79 Å². The number of carbonyl (C=O) groups is 1. The number of hydrogen-bond acceptors (Lipinski definition) is 4. The number of hydrogen-bond donors (Lipinski definition) is 1. The molecule has 0 spiro atoms. The van der Waals surface area contributed by atoms with Crippen LogP contribution in [0.15, 0.2) is 6.20 Å². The van der Waals surface area contributed by atoms with Gasteiger partial charge in [0.1, 0.15) is 11.9 Å². The van der Waals surface area contributed by atoms with Gasteiger partial charge in [0.15, 0.2) is 0 Å². The second-order valence-corrected chi connectivity index (χ2v) is 7.07. The van der Waals surface area contributed by atoms with Gasteiger partial charge in [0, 0.05) is 37.6 Å². The summed E-state index contributed by atoms with van der Waals surface area (Å²) in [5.74, 6) is -0.0824. The fourth-order valence-electron chi connectivity index (χ4n) is 3.29. The van der Waals surface area contributed by atoms with Crippen molar-refractivity contribution in [3.05, 3.63) is 17.7 Å². The first kappa shape index (κ1) is 20.7. The molecule has 2 heterocycles. The van der Waals surface area contributed by atoms with Gasteiger partial charge < -0.3 is 19.5 Å². The van der Waals surface area contributed by atoms with Crippen LogP contribution in [0.1, 0.15) is 43.3 Å². The molecule has 26 heavy (non-hydrogen) atoms. The third kappa shape index (κ3) is 5.44. The molecule has 1 unspecified atom stereocenters. The zero-order valence-electron chi connectivity index (χ0n) is 15.5. The van der Waals surface area contributed by atoms with Crippen LogP contribution in [0.4, 0.5) is 13.2 Å². The number of likely N-dealkylation sites (tertiary alicyclic amines) is 1. The van der Waals surface area contributed by atoms with Gasteiger partial charge in [-0.2, -0.15) is 13.2 Å². The van der Waals surface area contributed by atoms with Crippen molar-refractivity contribution in [2.45, 2.75) is 57.5 Å². The molecule has 1 atom stereocenters. The summed E-state index contributed by atoms with van der Waals surface area (Å²) in [6.45, 7) is 2.56. The summed E-state index contributed by atoms with van der Waals surface area (Å²) in [6.07, 6.45) is -3.52. The second-order valence-electron chi connectivity index (χ2n) is 7.07. The van der Waals surface area contributed by atoms with Crippen molar-refractivity contribution in [1.29, 1.82) is 0 Å². The standard InChI is InChI=1S/C17H27F3N4O2/c1-12-11-21-16(24(12)9-6-17(18,19)20)14(25)10-15(26)23-7-4-13(5-8-23)22(2)3/h11,13-14,25H,4-10H2,1-3H3. The average molecular weight is 376 g/mol. The Labute approximate surface area is 151 Å². The number of nitrogens with zero attached hydrogens (tertiary/aromatic N) is 4. The Hall–Kier alpha value is -1.61. The first-order chi connectivity index (χ1) is 12.1. The van der Waals surface area contributed by atoms with Crippen molar-refractivity contribution in [2.24, 2.45) is 0 Å². The average Bonchev–Trinajstić information content (AvgIpc) is 2.93. The lowest BCUT2D eigenvalue weighted by Gasteiger charge is -2.35. The van der Waals surface area contributed by atoms with E-state index >= 15 is 0 Å². The number of aromatic nitrogens is 2. The van der Waals surface area contributed by atoms with Crippen molar-refractivity contribution in [2.75, 3.05) is 27.2 Å². The van der Waals surface area contributed by atoms with Gasteiger partial charge in [-0.05, 0) is 33.9 Å². The lowest BCUT2D eigenvalue weighted by atomic mass is 10.0. The normalized spacial score (nSPS) is 17.8. The maximum absolute atomic E-state index is 12.5. The fourth-order valence-corrected chi connectivity index (χ4v) is 3.29. The number of rotatable bonds is 6. The number of alkyl halides is 3. The number of piperidine rings is 1. The maximum Gasteiger partial charge on any atom is 0.390 e. The number of halogens is 3. The summed E-state index contributed by atoms with van der Waals surface area (Å²) in [7, 11) is 4.02. The van der Waals surface area contributed by atoms with E-state index in [0.717, 1.165) is 12.8 Å². The quantitative estimate of drug-likeness (QED) is 0.826. The maximum atomic E-state index is 12.5. The van der Waals surface area contributed by atoms with Crippen molar-refractivity contribution in [3.8, 4) is 0 Å². The molecule has 148 valence electrons. The lowest BCUT2D eigenvalue weighted by Crippen LogP contribution is -2.44. The van der Waals surface area contributed by atoms with E-state index in [1.165, 1.54) is 10.8 Å². The molecule has 0 aromatic carbocycles. The van der Waals surface area contributed by atoms with Crippen molar-refractivity contribution in [1.82, 2.24) is 19.4 Å². The zero-order valence-corrected chi connectivity index (χ0v) is 15.5. The van der Waals surface area contributed by atoms with Crippen molar-refractivity contribution < 1.29 is 23.1 Å². The molecule has 1 N–H and O–H groups in total. The number of imidazole rings is 1. The molecule has 6 nitrogen and oxygen atoms in total. The smallest absolute Gasteiger partial charge is 0.385 e. The van der Waals surface area contributed by atoms with Crippen LogP contribution >= 0.6 is 0 Å². The van der Waals surface area contributed by atoms with Gasteiger partial charge in [-0.25, -0.2) is 4.98 Å². The van der Waals surface area contributed by atoms with Crippen LogP contribution in [0.25, 0.3) is 0 Å². The van der Waals surface area contributed by atoms with Crippen molar-refractivity contribution in [3.63, 3.8) is 0 Å². The van der Waals surface area contributed by atoms with Crippen LogP contribution in [0.3, 0.4) is 0 Å². The van der Waals surface area contributed by atoms with Crippen LogP contribution in [0, 0.1) is 6.92 Å². The Kier molecular flexibility index (Phi) is 6.68. The van der Waals surface area contributed by atoms with E-state index in [0.29, 0.717) is 24.8 Å². The highest BCUT2D eigenvalue weighted by Gasteiger charge is 2.30. The van der Waals surface area contributed by atoms with E-state index < -0.39 is 18.7 Å². The molecule has 0 bridgehead atoms. The SMILES string of the molecule is Cc1cnc(C(O)CC(=O)N2CCC(N(C)C)CC2)n1CCC(F)(F)F. The summed E-state index contributed by atoms with van der Waals surface area (Å²) in [4.78, 5) is 20.3. The number of amides is 1. The highest BCUT2D eigenvalue weighted by atomic mass is 19.4. The van der Waals surface area contributed by atoms with E-state index in [2.05, 4.69) is 9.88 Å². The van der Waals surface area contributed by atoms with E-state index in [1.54, 1.807) is 11.8 Å². The summed E-state index contributed by atoms with van der Waals surface area (Å²) >= 11 is 0. The highest BCUT2D eigenvalue weighted by Crippen LogP contribution is 2.24. The lowest BCUT2D eigenvalue weighted by molar-refractivity contribution is -0.138. The summed E-state index contributed by atoms with van der Waals surface area (Å²) < 4.78 is 38.8. The van der Waals surface area contributed by atoms with Crippen LogP contribution in [-0.4, -0.2) is 69.8 Å². The first-order valence-electron chi connectivity index (χ1n) is 8.79. The summed E-state index contributed by atoms with van der Waals surface area (Å²) in [5.41, 5.74) is 0.530. The number of aryl methyl sites for hydroxylation is 1. The zero-order chi connectivity index (χ0) is 19.5. The van der Waals surface area contributed by atoms with Crippen LogP contribution < -0.4 is 0 Å². The van der Waals surface area contributed by atoms with Gasteiger partial charge in [-0.1, -0.05) is 0 Å². The van der Waals surface area contributed by atoms with Gasteiger partial charge in [0.25, 0.3) is 0 Å². The van der Waals surface area contributed by atoms with E-state index in [-0.39, 0.29) is 24.7 Å². The topological polar surface area (TPSA) is 61.6 Å². The minimum atomic E-state index is -4.29. The van der Waals surface area contributed by atoms with E-state index in [1.807, 2.05) is 14.1 Å². The monoisotopic (exact) mass is 376 g/mol.